The third-order valence-electron chi connectivity index (χ3n) is 7.78. The second-order valence-corrected chi connectivity index (χ2v) is 11.2. The van der Waals surface area contributed by atoms with Gasteiger partial charge < -0.3 is 23.7 Å². The van der Waals surface area contributed by atoms with Gasteiger partial charge in [-0.15, -0.1) is 0 Å². The molecule has 0 saturated heterocycles. The van der Waals surface area contributed by atoms with Crippen molar-refractivity contribution in [3.63, 3.8) is 0 Å². The Hall–Kier alpha value is -5.29. The quantitative estimate of drug-likeness (QED) is 0.214. The van der Waals surface area contributed by atoms with Gasteiger partial charge in [-0.25, -0.2) is 18.7 Å². The van der Waals surface area contributed by atoms with E-state index in [9.17, 15) is 13.9 Å². The molecule has 0 amide bonds. The highest BCUT2D eigenvalue weighted by Crippen LogP contribution is 2.37. The van der Waals surface area contributed by atoms with Crippen LogP contribution in [0.15, 0.2) is 94.0 Å². The van der Waals surface area contributed by atoms with Crippen molar-refractivity contribution in [3.8, 4) is 28.9 Å². The van der Waals surface area contributed by atoms with Gasteiger partial charge in [-0.1, -0.05) is 29.8 Å². The summed E-state index contributed by atoms with van der Waals surface area (Å²) in [6.45, 7) is 2.23. The molecule has 0 spiro atoms. The van der Waals surface area contributed by atoms with Crippen LogP contribution in [0.1, 0.15) is 22.9 Å². The van der Waals surface area contributed by atoms with E-state index in [-0.39, 0.29) is 11.4 Å². The molecule has 4 aromatic heterocycles. The van der Waals surface area contributed by atoms with Crippen molar-refractivity contribution in [1.29, 1.82) is 0 Å². The van der Waals surface area contributed by atoms with E-state index in [1.54, 1.807) is 23.4 Å². The van der Waals surface area contributed by atoms with Gasteiger partial charge in [-0.2, -0.15) is 0 Å². The molecular weight excluding hydrogens is 614 g/mol. The summed E-state index contributed by atoms with van der Waals surface area (Å²) in [5.74, 6) is 1.85. The predicted octanol–water partition coefficient (Wildman–Crippen LogP) is 7.24. The second kappa shape index (κ2) is 12.6. The highest BCUT2D eigenvalue weighted by molar-refractivity contribution is 6.32. The monoisotopic (exact) mass is 640 g/mol. The summed E-state index contributed by atoms with van der Waals surface area (Å²) in [5.41, 5.74) is 3.95. The maximum absolute atomic E-state index is 13.9. The molecular formula is C34H27ClF2N6O3. The Labute approximate surface area is 267 Å². The van der Waals surface area contributed by atoms with Crippen LogP contribution in [0.25, 0.3) is 23.2 Å². The minimum atomic E-state index is -0.457. The number of anilines is 2. The third kappa shape index (κ3) is 6.01. The molecule has 0 atom stereocenters. The Bertz CT molecular complexity index is 1890. The normalized spacial score (nSPS) is 13.9. The zero-order valence-electron chi connectivity index (χ0n) is 24.4. The number of oxazole rings is 2. The highest BCUT2D eigenvalue weighted by atomic mass is 35.5. The number of phenols is 1. The summed E-state index contributed by atoms with van der Waals surface area (Å²) < 4.78 is 38.9. The van der Waals surface area contributed by atoms with Crippen LogP contribution in [0, 0.1) is 11.6 Å². The number of fused-ring (bicyclic) bond motifs is 2. The maximum atomic E-state index is 13.9. The smallest absolute Gasteiger partial charge is 0.245 e. The number of aromatic hydroxyl groups is 1. The Balaban J connectivity index is 0.000000147. The van der Waals surface area contributed by atoms with E-state index in [1.807, 2.05) is 53.4 Å². The number of benzene rings is 2. The predicted molar refractivity (Wildman–Crippen MR) is 168 cm³/mol. The van der Waals surface area contributed by atoms with Crippen LogP contribution in [-0.4, -0.2) is 38.1 Å². The largest absolute Gasteiger partial charge is 0.504 e. The lowest BCUT2D eigenvalue weighted by Gasteiger charge is -2.28. The number of aromatic nitrogens is 4. The molecule has 8 rings (SSSR count). The number of nitrogens with zero attached hydrogens (tertiary/aromatic N) is 6. The van der Waals surface area contributed by atoms with Gasteiger partial charge in [0.25, 0.3) is 0 Å². The fraction of sp³-hybridized carbons (Fsp3) is 0.176. The molecule has 0 fully saturated rings. The van der Waals surface area contributed by atoms with Crippen molar-refractivity contribution in [2.75, 3.05) is 22.9 Å². The van der Waals surface area contributed by atoms with E-state index in [0.29, 0.717) is 54.2 Å². The number of para-hydroxylation sites is 1. The number of rotatable bonds is 4. The number of hydrogen-bond acceptors (Lipinski definition) is 9. The minimum Gasteiger partial charge on any atom is -0.504 e. The molecule has 9 nitrogen and oxygen atoms in total. The molecule has 0 aliphatic carbocycles. The van der Waals surface area contributed by atoms with Crippen LogP contribution in [0.5, 0.6) is 5.75 Å². The lowest BCUT2D eigenvalue weighted by molar-refractivity contribution is 0.468. The Morgan fingerprint density at radius 2 is 1.28 bits per heavy atom. The Morgan fingerprint density at radius 1 is 0.696 bits per heavy atom. The molecule has 0 saturated carbocycles. The average Bonchev–Trinajstić information content (AvgIpc) is 3.72. The van der Waals surface area contributed by atoms with Crippen LogP contribution in [0.4, 0.5) is 20.2 Å². The van der Waals surface area contributed by atoms with Crippen molar-refractivity contribution >= 4 is 23.0 Å². The van der Waals surface area contributed by atoms with E-state index in [4.69, 9.17) is 20.4 Å². The van der Waals surface area contributed by atoms with Crippen LogP contribution in [0.2, 0.25) is 5.02 Å². The summed E-state index contributed by atoms with van der Waals surface area (Å²) in [5, 5.41) is 10.5. The number of pyridine rings is 2. The first-order valence-corrected chi connectivity index (χ1v) is 15.0. The van der Waals surface area contributed by atoms with Crippen LogP contribution < -0.4 is 9.80 Å². The summed E-state index contributed by atoms with van der Waals surface area (Å²) in [7, 11) is 0. The highest BCUT2D eigenvalue weighted by Gasteiger charge is 2.26. The number of hydrogen-bond donors (Lipinski definition) is 1. The van der Waals surface area contributed by atoms with Crippen LogP contribution in [0.3, 0.4) is 0 Å². The average molecular weight is 641 g/mol. The fourth-order valence-corrected chi connectivity index (χ4v) is 5.66. The van der Waals surface area contributed by atoms with Crippen molar-refractivity contribution in [2.24, 2.45) is 0 Å². The lowest BCUT2D eigenvalue weighted by atomic mass is 10.1. The standard InChI is InChI=1S/C17H14ClN3O2.C17H13F2N3O/c18-11-4-3-6-14(16(11)22)21-9-7-15-13(10-21)20-17(23-15)12-5-1-2-8-19-12;18-11-4-5-12(19)15(9-11)22-8-6-16-14(10-22)21-17(23-16)13-3-1-2-7-20-13/h1-6,8,22H,7,9-10H2;1-5,7,9H,6,8,10H2. The molecule has 2 aliphatic heterocycles. The minimum absolute atomic E-state index is 0.103. The SMILES string of the molecule is Fc1ccc(F)c(N2CCc3oc(-c4ccccn4)nc3C2)c1.Oc1c(Cl)cccc1N1CCc2oc(-c3ccccn3)nc2C1. The Morgan fingerprint density at radius 3 is 1.85 bits per heavy atom. The van der Waals surface area contributed by atoms with Gasteiger partial charge in [-0.3, -0.25) is 9.97 Å². The topological polar surface area (TPSA) is 105 Å². The van der Waals surface area contributed by atoms with E-state index >= 15 is 0 Å². The van der Waals surface area contributed by atoms with Gasteiger partial charge in [0.15, 0.2) is 5.75 Å². The van der Waals surface area contributed by atoms with Crippen molar-refractivity contribution in [1.82, 2.24) is 19.9 Å². The summed E-state index contributed by atoms with van der Waals surface area (Å²) in [6.07, 6.45) is 4.70. The van der Waals surface area contributed by atoms with E-state index in [2.05, 4.69) is 19.9 Å². The maximum Gasteiger partial charge on any atom is 0.245 e. The zero-order valence-corrected chi connectivity index (χ0v) is 25.2. The Kier molecular flexibility index (Phi) is 8.06. The van der Waals surface area contributed by atoms with Gasteiger partial charge in [0, 0.05) is 44.4 Å². The molecule has 2 aromatic carbocycles. The molecule has 12 heteroatoms. The summed E-state index contributed by atoms with van der Waals surface area (Å²) in [4.78, 5) is 21.3. The van der Waals surface area contributed by atoms with Gasteiger partial charge in [0.2, 0.25) is 11.8 Å². The molecule has 232 valence electrons. The molecule has 0 radical (unpaired) electrons. The fourth-order valence-electron chi connectivity index (χ4n) is 5.49. The van der Waals surface area contributed by atoms with Gasteiger partial charge >= 0.3 is 0 Å². The first kappa shape index (κ1) is 29.4. The van der Waals surface area contributed by atoms with Gasteiger partial charge in [0.1, 0.15) is 45.9 Å². The van der Waals surface area contributed by atoms with Gasteiger partial charge in [-0.05, 0) is 48.5 Å². The molecule has 6 aromatic rings. The summed E-state index contributed by atoms with van der Waals surface area (Å²) >= 11 is 6.00. The van der Waals surface area contributed by atoms with Crippen molar-refractivity contribution in [2.45, 2.75) is 25.9 Å². The molecule has 6 heterocycles. The molecule has 0 bridgehead atoms. The van der Waals surface area contributed by atoms with E-state index in [1.165, 1.54) is 6.07 Å². The van der Waals surface area contributed by atoms with Crippen LogP contribution in [-0.2, 0) is 25.9 Å². The second-order valence-electron chi connectivity index (χ2n) is 10.8. The number of halogens is 3. The lowest BCUT2D eigenvalue weighted by Crippen LogP contribution is -2.30. The number of phenolic OH excluding ortho intramolecular Hbond substituents is 1. The third-order valence-corrected chi connectivity index (χ3v) is 8.08. The molecule has 0 unspecified atom stereocenters. The first-order valence-electron chi connectivity index (χ1n) is 14.7. The van der Waals surface area contributed by atoms with Crippen LogP contribution >= 0.6 is 11.6 Å². The van der Waals surface area contributed by atoms with Gasteiger partial charge in [0.05, 0.1) is 29.5 Å². The molecule has 1 N–H and O–H groups in total. The van der Waals surface area contributed by atoms with E-state index < -0.39 is 11.6 Å². The summed E-state index contributed by atoms with van der Waals surface area (Å²) in [6, 6.07) is 20.0. The van der Waals surface area contributed by atoms with Crippen molar-refractivity contribution < 1.29 is 22.7 Å². The van der Waals surface area contributed by atoms with Crippen molar-refractivity contribution in [3.05, 3.63) is 125 Å². The molecule has 46 heavy (non-hydrogen) atoms. The van der Waals surface area contributed by atoms with E-state index in [0.717, 1.165) is 53.7 Å². The first-order chi connectivity index (χ1) is 22.4. The zero-order chi connectivity index (χ0) is 31.6. The molecule has 2 aliphatic rings.